The largest absolute Gasteiger partial charge is 0.483 e. The number of ether oxygens (including phenoxy) is 1. The van der Waals surface area contributed by atoms with Crippen LogP contribution < -0.4 is 10.1 Å². The Morgan fingerprint density at radius 1 is 0.968 bits per heavy atom. The molecule has 3 aromatic carbocycles. The van der Waals surface area contributed by atoms with Crippen LogP contribution in [0.4, 0.5) is 5.69 Å². The number of hydrogen-bond donors (Lipinski definition) is 1. The number of carbonyl (C=O) groups excluding carboxylic acids is 1. The Morgan fingerprint density at radius 2 is 1.65 bits per heavy atom. The second-order valence-electron chi connectivity index (χ2n) is 7.99. The molecule has 0 spiro atoms. The molecule has 0 bridgehead atoms. The summed E-state index contributed by atoms with van der Waals surface area (Å²) in [5.41, 5.74) is 6.27. The van der Waals surface area contributed by atoms with Gasteiger partial charge in [-0.25, -0.2) is 0 Å². The van der Waals surface area contributed by atoms with Gasteiger partial charge in [-0.3, -0.25) is 4.79 Å². The molecule has 31 heavy (non-hydrogen) atoms. The molecule has 1 N–H and O–H groups in total. The summed E-state index contributed by atoms with van der Waals surface area (Å²) >= 11 is 0. The van der Waals surface area contributed by atoms with Crippen molar-refractivity contribution in [2.45, 2.75) is 33.6 Å². The number of amides is 1. The first-order chi connectivity index (χ1) is 14.9. The van der Waals surface area contributed by atoms with Crippen molar-refractivity contribution in [1.82, 2.24) is 15.0 Å². The van der Waals surface area contributed by atoms with Crippen LogP contribution >= 0.6 is 0 Å². The first-order valence-corrected chi connectivity index (χ1v) is 10.4. The average molecular weight is 415 g/mol. The number of hydrogen-bond acceptors (Lipinski definition) is 4. The van der Waals surface area contributed by atoms with Crippen LogP contribution in [0.15, 0.2) is 60.7 Å². The summed E-state index contributed by atoms with van der Waals surface area (Å²) < 4.78 is 5.64. The molecule has 4 aromatic rings. The van der Waals surface area contributed by atoms with E-state index in [1.807, 2.05) is 62.4 Å². The van der Waals surface area contributed by atoms with Gasteiger partial charge in [0, 0.05) is 5.69 Å². The Labute approximate surface area is 181 Å². The number of rotatable bonds is 6. The van der Waals surface area contributed by atoms with Gasteiger partial charge < -0.3 is 10.1 Å². The Hall–Kier alpha value is -3.67. The van der Waals surface area contributed by atoms with Crippen LogP contribution in [0.1, 0.15) is 36.5 Å². The second-order valence-corrected chi connectivity index (χ2v) is 7.99. The summed E-state index contributed by atoms with van der Waals surface area (Å²) in [6.45, 7) is 8.16. The zero-order chi connectivity index (χ0) is 22.0. The van der Waals surface area contributed by atoms with Crippen molar-refractivity contribution in [1.29, 1.82) is 0 Å². The molecular formula is C25H26N4O2. The molecule has 1 aromatic heterocycles. The third-order valence-electron chi connectivity index (χ3n) is 5.24. The van der Waals surface area contributed by atoms with Crippen molar-refractivity contribution in [3.63, 3.8) is 0 Å². The van der Waals surface area contributed by atoms with E-state index in [0.717, 1.165) is 22.3 Å². The molecule has 0 aliphatic heterocycles. The summed E-state index contributed by atoms with van der Waals surface area (Å²) in [4.78, 5) is 14.0. The summed E-state index contributed by atoms with van der Waals surface area (Å²) in [6, 6.07) is 19.6. The molecule has 6 heteroatoms. The lowest BCUT2D eigenvalue weighted by Crippen LogP contribution is -2.20. The zero-order valence-electron chi connectivity index (χ0n) is 18.2. The van der Waals surface area contributed by atoms with Gasteiger partial charge in [0.1, 0.15) is 16.8 Å². The van der Waals surface area contributed by atoms with E-state index in [0.29, 0.717) is 22.9 Å². The molecule has 0 atom stereocenters. The van der Waals surface area contributed by atoms with Crippen molar-refractivity contribution in [2.75, 3.05) is 11.9 Å². The van der Waals surface area contributed by atoms with Gasteiger partial charge in [0.15, 0.2) is 6.61 Å². The Bertz CT molecular complexity index is 1230. The molecule has 6 nitrogen and oxygen atoms in total. The summed E-state index contributed by atoms with van der Waals surface area (Å²) in [7, 11) is 0. The molecule has 0 unspecified atom stereocenters. The molecule has 0 radical (unpaired) electrons. The van der Waals surface area contributed by atoms with Crippen LogP contribution in [-0.4, -0.2) is 27.5 Å². The normalized spacial score (nSPS) is 11.1. The van der Waals surface area contributed by atoms with E-state index >= 15 is 0 Å². The SMILES string of the molecule is Cc1cc2nn(-c3ccc(C(C)C)cc3)nc2cc1NC(=O)COc1ccccc1C. The number of aromatic nitrogens is 3. The molecule has 0 aliphatic carbocycles. The summed E-state index contributed by atoms with van der Waals surface area (Å²) in [5.74, 6) is 0.959. The lowest BCUT2D eigenvalue weighted by molar-refractivity contribution is -0.118. The first-order valence-electron chi connectivity index (χ1n) is 10.4. The topological polar surface area (TPSA) is 69.0 Å². The predicted molar refractivity (Wildman–Crippen MR) is 123 cm³/mol. The number of para-hydroxylation sites is 1. The van der Waals surface area contributed by atoms with E-state index in [9.17, 15) is 4.79 Å². The predicted octanol–water partition coefficient (Wildman–Crippen LogP) is 5.18. The van der Waals surface area contributed by atoms with E-state index in [4.69, 9.17) is 4.74 Å². The summed E-state index contributed by atoms with van der Waals surface area (Å²) in [5, 5.41) is 12.1. The lowest BCUT2D eigenvalue weighted by Gasteiger charge is -2.10. The number of nitrogens with zero attached hydrogens (tertiary/aromatic N) is 3. The number of fused-ring (bicyclic) bond motifs is 1. The van der Waals surface area contributed by atoms with Gasteiger partial charge in [-0.15, -0.1) is 10.2 Å². The Morgan fingerprint density at radius 3 is 2.32 bits per heavy atom. The minimum absolute atomic E-state index is 0.0583. The molecule has 0 fully saturated rings. The van der Waals surface area contributed by atoms with E-state index in [-0.39, 0.29) is 12.5 Å². The maximum atomic E-state index is 12.4. The molecule has 0 saturated carbocycles. The number of aryl methyl sites for hydroxylation is 2. The minimum Gasteiger partial charge on any atom is -0.483 e. The maximum absolute atomic E-state index is 12.4. The second kappa shape index (κ2) is 8.60. The van der Waals surface area contributed by atoms with Gasteiger partial charge in [0.05, 0.1) is 5.69 Å². The van der Waals surface area contributed by atoms with E-state index in [2.05, 4.69) is 41.5 Å². The fraction of sp³-hybridized carbons (Fsp3) is 0.240. The van der Waals surface area contributed by atoms with E-state index in [1.54, 1.807) is 4.80 Å². The molecule has 158 valence electrons. The molecule has 4 rings (SSSR count). The van der Waals surface area contributed by atoms with Gasteiger partial charge in [0.2, 0.25) is 0 Å². The number of anilines is 1. The van der Waals surface area contributed by atoms with Gasteiger partial charge >= 0.3 is 0 Å². The van der Waals surface area contributed by atoms with Crippen molar-refractivity contribution in [3.05, 3.63) is 77.4 Å². The van der Waals surface area contributed by atoms with Crippen LogP contribution in [0.3, 0.4) is 0 Å². The van der Waals surface area contributed by atoms with E-state index in [1.165, 1.54) is 5.56 Å². The third kappa shape index (κ3) is 4.58. The monoisotopic (exact) mass is 414 g/mol. The van der Waals surface area contributed by atoms with E-state index < -0.39 is 0 Å². The van der Waals surface area contributed by atoms with Crippen LogP contribution in [-0.2, 0) is 4.79 Å². The van der Waals surface area contributed by atoms with Crippen LogP contribution in [0.2, 0.25) is 0 Å². The molecule has 1 amide bonds. The maximum Gasteiger partial charge on any atom is 0.262 e. The first kappa shape index (κ1) is 20.6. The van der Waals surface area contributed by atoms with Crippen LogP contribution in [0.25, 0.3) is 16.7 Å². The van der Waals surface area contributed by atoms with Gasteiger partial charge in [-0.2, -0.15) is 4.80 Å². The number of carbonyl (C=O) groups is 1. The third-order valence-corrected chi connectivity index (χ3v) is 5.24. The lowest BCUT2D eigenvalue weighted by atomic mass is 10.0. The molecule has 1 heterocycles. The van der Waals surface area contributed by atoms with Gasteiger partial charge in [-0.1, -0.05) is 44.2 Å². The van der Waals surface area contributed by atoms with Crippen LogP contribution in [0, 0.1) is 13.8 Å². The highest BCUT2D eigenvalue weighted by Crippen LogP contribution is 2.23. The average Bonchev–Trinajstić information content (AvgIpc) is 3.16. The van der Waals surface area contributed by atoms with Crippen molar-refractivity contribution < 1.29 is 9.53 Å². The number of nitrogens with one attached hydrogen (secondary N) is 1. The highest BCUT2D eigenvalue weighted by atomic mass is 16.5. The minimum atomic E-state index is -0.220. The Kier molecular flexibility index (Phi) is 5.71. The van der Waals surface area contributed by atoms with Gasteiger partial charge in [-0.05, 0) is 66.8 Å². The number of benzene rings is 3. The highest BCUT2D eigenvalue weighted by Gasteiger charge is 2.12. The Balaban J connectivity index is 1.50. The molecule has 0 aliphatic rings. The fourth-order valence-electron chi connectivity index (χ4n) is 3.36. The molecule has 0 saturated heterocycles. The fourth-order valence-corrected chi connectivity index (χ4v) is 3.36. The van der Waals surface area contributed by atoms with Crippen molar-refractivity contribution in [3.8, 4) is 11.4 Å². The van der Waals surface area contributed by atoms with Gasteiger partial charge in [0.25, 0.3) is 5.91 Å². The quantitative estimate of drug-likeness (QED) is 0.472. The zero-order valence-corrected chi connectivity index (χ0v) is 18.2. The van der Waals surface area contributed by atoms with Crippen molar-refractivity contribution in [2.24, 2.45) is 0 Å². The molecular weight excluding hydrogens is 388 g/mol. The van der Waals surface area contributed by atoms with Crippen molar-refractivity contribution >= 4 is 22.6 Å². The smallest absolute Gasteiger partial charge is 0.262 e. The van der Waals surface area contributed by atoms with Crippen LogP contribution in [0.5, 0.6) is 5.75 Å². The summed E-state index contributed by atoms with van der Waals surface area (Å²) in [6.07, 6.45) is 0. The highest BCUT2D eigenvalue weighted by molar-refractivity contribution is 5.95. The standard InChI is InChI=1S/C25H26N4O2/c1-16(2)19-9-11-20(12-10-19)29-27-22-13-18(4)21(14-23(22)28-29)26-25(30)15-31-24-8-6-5-7-17(24)3/h5-14,16H,15H2,1-4H3,(H,26,30).